The molecule has 2 rings (SSSR count). The van der Waals surface area contributed by atoms with Crippen LogP contribution in [0.25, 0.3) is 0 Å². The van der Waals surface area contributed by atoms with Crippen LogP contribution in [-0.2, 0) is 19.4 Å². The van der Waals surface area contributed by atoms with Crippen LogP contribution >= 0.6 is 11.6 Å². The van der Waals surface area contributed by atoms with Gasteiger partial charge in [0.1, 0.15) is 5.41 Å². The first-order valence-electron chi connectivity index (χ1n) is 8.00. The van der Waals surface area contributed by atoms with Crippen molar-refractivity contribution >= 4 is 38.9 Å². The standard InChI is InChI=1S/C17H23ClN2O4S/c1-11-13(18)6-5-7-14(11)19-15(21)17(2,3)16(22)20(4)12-8-9-25(23,24)10-12/h5-7,12H,8-10H2,1-4H3,(H,19,21). The maximum absolute atomic E-state index is 12.8. The maximum atomic E-state index is 12.8. The Kier molecular flexibility index (Phi) is 5.49. The van der Waals surface area contributed by atoms with E-state index in [1.165, 1.54) is 18.7 Å². The second-order valence-electron chi connectivity index (χ2n) is 6.96. The summed E-state index contributed by atoms with van der Waals surface area (Å²) in [4.78, 5) is 26.8. The fourth-order valence-corrected chi connectivity index (χ4v) is 4.76. The van der Waals surface area contributed by atoms with E-state index in [0.29, 0.717) is 17.1 Å². The lowest BCUT2D eigenvalue weighted by Gasteiger charge is -2.32. The Morgan fingerprint density at radius 2 is 1.96 bits per heavy atom. The second kappa shape index (κ2) is 6.96. The van der Waals surface area contributed by atoms with E-state index in [1.807, 2.05) is 0 Å². The van der Waals surface area contributed by atoms with Gasteiger partial charge in [-0.15, -0.1) is 0 Å². The van der Waals surface area contributed by atoms with Gasteiger partial charge in [0, 0.05) is 23.8 Å². The third-order valence-corrected chi connectivity index (χ3v) is 6.85. The van der Waals surface area contributed by atoms with Crippen LogP contribution in [0.5, 0.6) is 0 Å². The highest BCUT2D eigenvalue weighted by molar-refractivity contribution is 7.91. The molecule has 1 unspecified atom stereocenters. The molecule has 1 heterocycles. The first kappa shape index (κ1) is 19.7. The second-order valence-corrected chi connectivity index (χ2v) is 9.60. The van der Waals surface area contributed by atoms with Crippen LogP contribution in [0.15, 0.2) is 18.2 Å². The molecule has 1 fully saturated rings. The van der Waals surface area contributed by atoms with Gasteiger partial charge in [-0.1, -0.05) is 17.7 Å². The quantitative estimate of drug-likeness (QED) is 0.804. The largest absolute Gasteiger partial charge is 0.341 e. The summed E-state index contributed by atoms with van der Waals surface area (Å²) in [5.41, 5.74) is -0.0731. The van der Waals surface area contributed by atoms with Crippen molar-refractivity contribution in [2.24, 2.45) is 5.41 Å². The van der Waals surface area contributed by atoms with Crippen molar-refractivity contribution in [3.05, 3.63) is 28.8 Å². The number of nitrogens with one attached hydrogen (secondary N) is 1. The first-order valence-corrected chi connectivity index (χ1v) is 10.2. The number of benzene rings is 1. The molecule has 0 radical (unpaired) electrons. The molecule has 0 spiro atoms. The smallest absolute Gasteiger partial charge is 0.239 e. The number of halogens is 1. The van der Waals surface area contributed by atoms with Gasteiger partial charge < -0.3 is 10.2 Å². The number of nitrogens with zero attached hydrogens (tertiary/aromatic N) is 1. The van der Waals surface area contributed by atoms with E-state index in [0.717, 1.165) is 5.56 Å². The Morgan fingerprint density at radius 1 is 1.32 bits per heavy atom. The molecule has 0 bridgehead atoms. The van der Waals surface area contributed by atoms with Crippen LogP contribution in [0.2, 0.25) is 5.02 Å². The molecular formula is C17H23ClN2O4S. The third-order valence-electron chi connectivity index (χ3n) is 4.69. The molecule has 1 N–H and O–H groups in total. The van der Waals surface area contributed by atoms with Gasteiger partial charge in [-0.05, 0) is 44.9 Å². The van der Waals surface area contributed by atoms with Crippen molar-refractivity contribution in [1.82, 2.24) is 4.90 Å². The number of carbonyl (C=O) groups excluding carboxylic acids is 2. The van der Waals surface area contributed by atoms with Crippen LogP contribution < -0.4 is 5.32 Å². The summed E-state index contributed by atoms with van der Waals surface area (Å²) in [6, 6.07) is 4.76. The van der Waals surface area contributed by atoms with Crippen molar-refractivity contribution in [2.75, 3.05) is 23.9 Å². The molecule has 8 heteroatoms. The summed E-state index contributed by atoms with van der Waals surface area (Å²) in [7, 11) is -1.56. The number of carbonyl (C=O) groups is 2. The molecule has 138 valence electrons. The Bertz CT molecular complexity index is 805. The number of hydrogen-bond donors (Lipinski definition) is 1. The van der Waals surface area contributed by atoms with Crippen molar-refractivity contribution < 1.29 is 18.0 Å². The van der Waals surface area contributed by atoms with Crippen molar-refractivity contribution in [2.45, 2.75) is 33.2 Å². The Labute approximate surface area is 153 Å². The van der Waals surface area contributed by atoms with Crippen LogP contribution in [0, 0.1) is 12.3 Å². The lowest BCUT2D eigenvalue weighted by molar-refractivity contribution is -0.146. The monoisotopic (exact) mass is 386 g/mol. The lowest BCUT2D eigenvalue weighted by atomic mass is 9.89. The van der Waals surface area contributed by atoms with Crippen LogP contribution in [0.3, 0.4) is 0 Å². The number of anilines is 1. The molecule has 1 saturated heterocycles. The van der Waals surface area contributed by atoms with E-state index in [9.17, 15) is 18.0 Å². The number of hydrogen-bond acceptors (Lipinski definition) is 4. The normalized spacial score (nSPS) is 19.5. The van der Waals surface area contributed by atoms with Crippen molar-refractivity contribution in [3.63, 3.8) is 0 Å². The predicted molar refractivity (Wildman–Crippen MR) is 98.4 cm³/mol. The van der Waals surface area contributed by atoms with E-state index in [2.05, 4.69) is 5.32 Å². The fraction of sp³-hybridized carbons (Fsp3) is 0.529. The maximum Gasteiger partial charge on any atom is 0.239 e. The average Bonchev–Trinajstić information content (AvgIpc) is 2.90. The van der Waals surface area contributed by atoms with Gasteiger partial charge in [-0.3, -0.25) is 9.59 Å². The van der Waals surface area contributed by atoms with Gasteiger partial charge in [0.05, 0.1) is 11.5 Å². The molecule has 6 nitrogen and oxygen atoms in total. The van der Waals surface area contributed by atoms with Gasteiger partial charge in [0.2, 0.25) is 11.8 Å². The van der Waals surface area contributed by atoms with Crippen molar-refractivity contribution in [1.29, 1.82) is 0 Å². The summed E-state index contributed by atoms with van der Waals surface area (Å²) >= 11 is 6.05. The minimum absolute atomic E-state index is 0.0552. The summed E-state index contributed by atoms with van der Waals surface area (Å²) < 4.78 is 23.3. The molecule has 2 amide bonds. The fourth-order valence-electron chi connectivity index (χ4n) is 2.81. The van der Waals surface area contributed by atoms with Crippen molar-refractivity contribution in [3.8, 4) is 0 Å². The summed E-state index contributed by atoms with van der Waals surface area (Å²) in [6.07, 6.45) is 0.398. The zero-order valence-corrected chi connectivity index (χ0v) is 16.4. The summed E-state index contributed by atoms with van der Waals surface area (Å²) in [6.45, 7) is 4.84. The average molecular weight is 387 g/mol. The van der Waals surface area contributed by atoms with E-state index in [-0.39, 0.29) is 11.5 Å². The van der Waals surface area contributed by atoms with Gasteiger partial charge in [-0.2, -0.15) is 0 Å². The molecule has 1 atom stereocenters. The number of rotatable bonds is 4. The zero-order valence-electron chi connectivity index (χ0n) is 14.8. The van der Waals surface area contributed by atoms with E-state index in [4.69, 9.17) is 11.6 Å². The van der Waals surface area contributed by atoms with E-state index < -0.39 is 33.1 Å². The van der Waals surface area contributed by atoms with Crippen LogP contribution in [-0.4, -0.2) is 49.7 Å². The third kappa shape index (κ3) is 4.15. The highest BCUT2D eigenvalue weighted by Crippen LogP contribution is 2.28. The molecule has 0 aromatic heterocycles. The Morgan fingerprint density at radius 3 is 2.52 bits per heavy atom. The highest BCUT2D eigenvalue weighted by Gasteiger charge is 2.42. The Balaban J connectivity index is 2.14. The molecule has 1 aliphatic heterocycles. The molecule has 0 aliphatic carbocycles. The molecule has 0 saturated carbocycles. The predicted octanol–water partition coefficient (Wildman–Crippen LogP) is 2.26. The minimum Gasteiger partial charge on any atom is -0.341 e. The summed E-state index contributed by atoms with van der Waals surface area (Å²) in [5.74, 6) is -0.855. The summed E-state index contributed by atoms with van der Waals surface area (Å²) in [5, 5.41) is 3.27. The number of amides is 2. The minimum atomic E-state index is -3.11. The van der Waals surface area contributed by atoms with Gasteiger partial charge in [-0.25, -0.2) is 8.42 Å². The first-order chi connectivity index (χ1) is 11.5. The highest BCUT2D eigenvalue weighted by atomic mass is 35.5. The lowest BCUT2D eigenvalue weighted by Crippen LogP contribution is -2.49. The van der Waals surface area contributed by atoms with Gasteiger partial charge in [0.25, 0.3) is 0 Å². The molecule has 25 heavy (non-hydrogen) atoms. The zero-order chi connectivity index (χ0) is 19.0. The van der Waals surface area contributed by atoms with Gasteiger partial charge in [0.15, 0.2) is 9.84 Å². The number of sulfone groups is 1. The molecule has 1 aromatic rings. The van der Waals surface area contributed by atoms with E-state index >= 15 is 0 Å². The van der Waals surface area contributed by atoms with Crippen LogP contribution in [0.4, 0.5) is 5.69 Å². The van der Waals surface area contributed by atoms with Gasteiger partial charge >= 0.3 is 0 Å². The molecule has 1 aliphatic rings. The Hall–Kier alpha value is -1.60. The topological polar surface area (TPSA) is 83.6 Å². The molecule has 1 aromatic carbocycles. The van der Waals surface area contributed by atoms with Crippen LogP contribution in [0.1, 0.15) is 25.8 Å². The SMILES string of the molecule is Cc1c(Cl)cccc1NC(=O)C(C)(C)C(=O)N(C)C1CCS(=O)(=O)C1. The molecular weight excluding hydrogens is 364 g/mol. The van der Waals surface area contributed by atoms with E-state index in [1.54, 1.807) is 32.2 Å².